The van der Waals surface area contributed by atoms with Gasteiger partial charge in [0.25, 0.3) is 0 Å². The van der Waals surface area contributed by atoms with Crippen LogP contribution >= 0.6 is 23.1 Å². The summed E-state index contributed by atoms with van der Waals surface area (Å²) in [5.74, 6) is 6.20. The van der Waals surface area contributed by atoms with E-state index in [4.69, 9.17) is 5.84 Å². The van der Waals surface area contributed by atoms with E-state index in [1.54, 1.807) is 30.1 Å². The second-order valence-corrected chi connectivity index (χ2v) is 9.99. The molecule has 0 bridgehead atoms. The van der Waals surface area contributed by atoms with Crippen LogP contribution in [0.2, 0.25) is 0 Å². The van der Waals surface area contributed by atoms with Crippen LogP contribution in [0.15, 0.2) is 60.0 Å². The van der Waals surface area contributed by atoms with Crippen molar-refractivity contribution < 1.29 is 9.59 Å². The molecule has 0 atom stereocenters. The quantitative estimate of drug-likeness (QED) is 0.116. The largest absolute Gasteiger partial charge is 0.377 e. The SMILES string of the molecule is CC/C=C(\SC)c1ccc(/C(C=O)=C(\C=O)c2ccc(-c3cccs3)cc2N(C)C)c(N(C)N)c1. The van der Waals surface area contributed by atoms with E-state index in [9.17, 15) is 9.59 Å². The Morgan fingerprint density at radius 2 is 1.63 bits per heavy atom. The molecule has 0 spiro atoms. The number of thiophene rings is 1. The average molecular weight is 506 g/mol. The lowest BCUT2D eigenvalue weighted by molar-refractivity contribution is -0.105. The van der Waals surface area contributed by atoms with Crippen molar-refractivity contribution in [3.63, 3.8) is 0 Å². The minimum atomic E-state index is 0.302. The Morgan fingerprint density at radius 3 is 2.14 bits per heavy atom. The van der Waals surface area contributed by atoms with Gasteiger partial charge in [0.1, 0.15) is 0 Å². The summed E-state index contributed by atoms with van der Waals surface area (Å²) >= 11 is 3.32. The molecular formula is C28H31N3O2S2. The highest BCUT2D eigenvalue weighted by Crippen LogP contribution is 2.38. The third-order valence-electron chi connectivity index (χ3n) is 5.66. The summed E-state index contributed by atoms with van der Waals surface area (Å²) in [5.41, 5.74) is 5.53. The summed E-state index contributed by atoms with van der Waals surface area (Å²) in [6.07, 6.45) is 6.61. The molecule has 0 saturated heterocycles. The molecule has 182 valence electrons. The number of carbonyl (C=O) groups is 2. The summed E-state index contributed by atoms with van der Waals surface area (Å²) < 4.78 is 0. The highest BCUT2D eigenvalue weighted by atomic mass is 32.2. The van der Waals surface area contributed by atoms with Gasteiger partial charge in [0.05, 0.1) is 5.69 Å². The highest BCUT2D eigenvalue weighted by molar-refractivity contribution is 8.07. The van der Waals surface area contributed by atoms with Gasteiger partial charge in [0.15, 0.2) is 12.6 Å². The molecular weight excluding hydrogens is 474 g/mol. The Morgan fingerprint density at radius 1 is 0.971 bits per heavy atom. The Bertz CT molecular complexity index is 1260. The van der Waals surface area contributed by atoms with E-state index in [0.717, 1.165) is 45.6 Å². The van der Waals surface area contributed by atoms with Crippen molar-refractivity contribution in [1.29, 1.82) is 0 Å². The summed E-state index contributed by atoms with van der Waals surface area (Å²) in [5, 5.41) is 3.52. The first-order valence-corrected chi connectivity index (χ1v) is 13.3. The van der Waals surface area contributed by atoms with Crippen LogP contribution in [0.1, 0.15) is 30.0 Å². The summed E-state index contributed by atoms with van der Waals surface area (Å²) in [6.45, 7) is 2.09. The lowest BCUT2D eigenvalue weighted by Gasteiger charge is -2.22. The molecule has 0 saturated carbocycles. The van der Waals surface area contributed by atoms with Crippen molar-refractivity contribution in [3.05, 3.63) is 76.7 Å². The van der Waals surface area contributed by atoms with Crippen LogP contribution in [0.4, 0.5) is 11.4 Å². The average Bonchev–Trinajstić information content (AvgIpc) is 3.40. The van der Waals surface area contributed by atoms with Gasteiger partial charge in [-0.05, 0) is 47.4 Å². The number of hydrazine groups is 1. The number of nitrogens with zero attached hydrogens (tertiary/aromatic N) is 2. The van der Waals surface area contributed by atoms with Crippen LogP contribution in [0.25, 0.3) is 26.5 Å². The Balaban J connectivity index is 2.25. The number of allylic oxidation sites excluding steroid dienone is 3. The van der Waals surface area contributed by atoms with Crippen molar-refractivity contribution in [2.75, 3.05) is 37.3 Å². The summed E-state index contributed by atoms with van der Waals surface area (Å²) in [4.78, 5) is 29.2. The predicted molar refractivity (Wildman–Crippen MR) is 154 cm³/mol. The van der Waals surface area contributed by atoms with Crippen LogP contribution in [-0.2, 0) is 9.59 Å². The number of thioether (sulfide) groups is 1. The van der Waals surface area contributed by atoms with E-state index in [1.165, 1.54) is 5.01 Å². The number of nitrogens with two attached hydrogens (primary N) is 1. The van der Waals surface area contributed by atoms with Gasteiger partial charge >= 0.3 is 0 Å². The van der Waals surface area contributed by atoms with Crippen molar-refractivity contribution in [1.82, 2.24) is 0 Å². The van der Waals surface area contributed by atoms with Crippen molar-refractivity contribution in [2.24, 2.45) is 5.84 Å². The predicted octanol–water partition coefficient (Wildman–Crippen LogP) is 6.21. The molecule has 0 aliphatic carbocycles. The van der Waals surface area contributed by atoms with E-state index in [-0.39, 0.29) is 0 Å². The fourth-order valence-corrected chi connectivity index (χ4v) is 5.40. The van der Waals surface area contributed by atoms with Crippen molar-refractivity contribution >= 4 is 63.1 Å². The molecule has 0 aliphatic rings. The number of rotatable bonds is 10. The van der Waals surface area contributed by atoms with Crippen LogP contribution in [-0.4, -0.2) is 40.0 Å². The summed E-state index contributed by atoms with van der Waals surface area (Å²) in [6, 6.07) is 15.8. The lowest BCUT2D eigenvalue weighted by Crippen LogP contribution is -2.26. The van der Waals surface area contributed by atoms with Gasteiger partial charge in [-0.1, -0.05) is 43.3 Å². The zero-order chi connectivity index (χ0) is 25.5. The third-order valence-corrected chi connectivity index (χ3v) is 7.42. The van der Waals surface area contributed by atoms with Crippen molar-refractivity contribution in [3.8, 4) is 10.4 Å². The number of hydrogen-bond donors (Lipinski definition) is 1. The van der Waals surface area contributed by atoms with Gasteiger partial charge in [-0.15, -0.1) is 23.1 Å². The molecule has 0 radical (unpaired) electrons. The second-order valence-electron chi connectivity index (χ2n) is 8.19. The monoisotopic (exact) mass is 505 g/mol. The van der Waals surface area contributed by atoms with Gasteiger partial charge in [-0.3, -0.25) is 9.59 Å². The molecule has 0 amide bonds. The fourth-order valence-electron chi connectivity index (χ4n) is 3.98. The molecule has 7 heteroatoms. The molecule has 0 fully saturated rings. The Labute approximate surface area is 215 Å². The van der Waals surface area contributed by atoms with Gasteiger partial charge in [-0.2, -0.15) is 0 Å². The van der Waals surface area contributed by atoms with Gasteiger partial charge < -0.3 is 9.91 Å². The number of carbonyl (C=O) groups excluding carboxylic acids is 2. The summed E-state index contributed by atoms with van der Waals surface area (Å²) in [7, 11) is 5.59. The zero-order valence-electron chi connectivity index (χ0n) is 20.7. The molecule has 1 heterocycles. The molecule has 3 rings (SSSR count). The first-order valence-electron chi connectivity index (χ1n) is 11.2. The number of hydrogen-bond acceptors (Lipinski definition) is 7. The zero-order valence-corrected chi connectivity index (χ0v) is 22.4. The van der Waals surface area contributed by atoms with Gasteiger partial charge in [0.2, 0.25) is 0 Å². The molecule has 5 nitrogen and oxygen atoms in total. The number of anilines is 2. The van der Waals surface area contributed by atoms with E-state index in [2.05, 4.69) is 19.1 Å². The maximum absolute atomic E-state index is 12.5. The third kappa shape index (κ3) is 5.75. The van der Waals surface area contributed by atoms with E-state index in [1.807, 2.05) is 73.1 Å². The molecule has 2 N–H and O–H groups in total. The topological polar surface area (TPSA) is 66.6 Å². The minimum absolute atomic E-state index is 0.302. The number of aldehydes is 2. The van der Waals surface area contributed by atoms with E-state index < -0.39 is 0 Å². The molecule has 2 aromatic carbocycles. The van der Waals surface area contributed by atoms with Crippen LogP contribution in [0.5, 0.6) is 0 Å². The van der Waals surface area contributed by atoms with Crippen LogP contribution in [0.3, 0.4) is 0 Å². The second kappa shape index (κ2) is 12.0. The minimum Gasteiger partial charge on any atom is -0.377 e. The van der Waals surface area contributed by atoms with Gasteiger partial charge in [0, 0.05) is 58.9 Å². The Hall–Kier alpha value is -3.13. The molecule has 3 aromatic rings. The van der Waals surface area contributed by atoms with E-state index in [0.29, 0.717) is 28.0 Å². The maximum Gasteiger partial charge on any atom is 0.151 e. The highest BCUT2D eigenvalue weighted by Gasteiger charge is 2.20. The normalized spacial score (nSPS) is 12.2. The number of benzene rings is 2. The fraction of sp³-hybridized carbons (Fsp3) is 0.214. The van der Waals surface area contributed by atoms with Gasteiger partial charge in [-0.25, -0.2) is 5.84 Å². The van der Waals surface area contributed by atoms with Crippen LogP contribution < -0.4 is 15.8 Å². The smallest absolute Gasteiger partial charge is 0.151 e. The molecule has 35 heavy (non-hydrogen) atoms. The molecule has 0 aliphatic heterocycles. The lowest BCUT2D eigenvalue weighted by atomic mass is 9.92. The van der Waals surface area contributed by atoms with E-state index >= 15 is 0 Å². The van der Waals surface area contributed by atoms with Crippen LogP contribution in [0, 0.1) is 0 Å². The standard InChI is InChI=1S/C28H31N3O2S2/c1-6-8-27(34-5)19-10-13-22(26(16-19)31(4)29)24(18-33)23(17-32)21-12-11-20(15-25(21)30(2)3)28-9-7-14-35-28/h7-18H,6,29H2,1-5H3/b24-23+,27-8-. The first-order chi connectivity index (χ1) is 16.9. The van der Waals surface area contributed by atoms with Crippen molar-refractivity contribution in [2.45, 2.75) is 13.3 Å². The first kappa shape index (κ1) is 26.5. The maximum atomic E-state index is 12.5. The Kier molecular flexibility index (Phi) is 9.09. The molecule has 1 aromatic heterocycles. The molecule has 0 unspecified atom stereocenters.